The van der Waals surface area contributed by atoms with Gasteiger partial charge in [0.05, 0.1) is 18.9 Å². The summed E-state index contributed by atoms with van der Waals surface area (Å²) in [4.78, 5) is 14.2. The highest BCUT2D eigenvalue weighted by molar-refractivity contribution is 5.94. The zero-order chi connectivity index (χ0) is 17.1. The Labute approximate surface area is 140 Å². The molecule has 0 radical (unpaired) electrons. The van der Waals surface area contributed by atoms with Crippen LogP contribution in [0.1, 0.15) is 12.6 Å². The van der Waals surface area contributed by atoms with Crippen LogP contribution < -0.4 is 5.32 Å². The predicted molar refractivity (Wildman–Crippen MR) is 89.4 cm³/mol. The fourth-order valence-electron chi connectivity index (χ4n) is 2.84. The first-order valence-corrected chi connectivity index (χ1v) is 8.05. The Morgan fingerprint density at radius 1 is 1.29 bits per heavy atom. The minimum Gasteiger partial charge on any atom is -0.378 e. The number of aromatic nitrogens is 2. The van der Waals surface area contributed by atoms with Crippen LogP contribution in [-0.4, -0.2) is 47.0 Å². The average molecular weight is 332 g/mol. The summed E-state index contributed by atoms with van der Waals surface area (Å²) in [5, 5.41) is 7.45. The van der Waals surface area contributed by atoms with E-state index in [9.17, 15) is 9.18 Å². The number of morpholine rings is 1. The van der Waals surface area contributed by atoms with Crippen molar-refractivity contribution >= 4 is 11.8 Å². The van der Waals surface area contributed by atoms with E-state index in [1.54, 1.807) is 28.8 Å². The number of amides is 2. The van der Waals surface area contributed by atoms with Crippen molar-refractivity contribution in [2.45, 2.75) is 13.3 Å². The Kier molecular flexibility index (Phi) is 4.80. The largest absolute Gasteiger partial charge is 0.378 e. The lowest BCUT2D eigenvalue weighted by atomic mass is 10.0. The lowest BCUT2D eigenvalue weighted by molar-refractivity contribution is 0.0564. The number of rotatable bonds is 3. The summed E-state index contributed by atoms with van der Waals surface area (Å²) in [6.45, 7) is 4.23. The zero-order valence-corrected chi connectivity index (χ0v) is 13.9. The van der Waals surface area contributed by atoms with E-state index in [1.165, 1.54) is 12.1 Å². The molecule has 0 unspecified atom stereocenters. The Balaban J connectivity index is 1.93. The summed E-state index contributed by atoms with van der Waals surface area (Å²) in [5.41, 5.74) is 2.53. The van der Waals surface area contributed by atoms with Crippen molar-refractivity contribution in [1.82, 2.24) is 14.7 Å². The van der Waals surface area contributed by atoms with Gasteiger partial charge in [-0.1, -0.05) is 19.1 Å². The van der Waals surface area contributed by atoms with Crippen molar-refractivity contribution in [3.63, 3.8) is 0 Å². The van der Waals surface area contributed by atoms with Crippen molar-refractivity contribution in [2.24, 2.45) is 7.05 Å². The number of anilines is 1. The van der Waals surface area contributed by atoms with Gasteiger partial charge in [-0.05, 0) is 24.1 Å². The lowest BCUT2D eigenvalue weighted by Gasteiger charge is -2.27. The SMILES string of the molecule is CCc1nn(C)c(NC(=O)N2CCOCC2)c1-c1ccc(F)cc1. The van der Waals surface area contributed by atoms with Gasteiger partial charge in [-0.25, -0.2) is 9.18 Å². The number of ether oxygens (including phenoxy) is 1. The third kappa shape index (κ3) is 3.26. The summed E-state index contributed by atoms with van der Waals surface area (Å²) in [6, 6.07) is 6.06. The molecule has 24 heavy (non-hydrogen) atoms. The Morgan fingerprint density at radius 2 is 1.96 bits per heavy atom. The minimum atomic E-state index is -0.292. The van der Waals surface area contributed by atoms with Crippen molar-refractivity contribution in [3.8, 4) is 11.1 Å². The molecule has 1 aromatic carbocycles. The molecule has 2 aromatic rings. The highest BCUT2D eigenvalue weighted by Crippen LogP contribution is 2.32. The molecular weight excluding hydrogens is 311 g/mol. The fraction of sp³-hybridized carbons (Fsp3) is 0.412. The number of benzene rings is 1. The van der Waals surface area contributed by atoms with Crippen LogP contribution in [-0.2, 0) is 18.2 Å². The number of hydrogen-bond acceptors (Lipinski definition) is 3. The number of aryl methyl sites for hydroxylation is 2. The van der Waals surface area contributed by atoms with Gasteiger partial charge in [-0.15, -0.1) is 0 Å². The van der Waals surface area contributed by atoms with Crippen LogP contribution in [0.15, 0.2) is 24.3 Å². The first-order valence-electron chi connectivity index (χ1n) is 8.05. The number of urea groups is 1. The highest BCUT2D eigenvalue weighted by Gasteiger charge is 2.22. The van der Waals surface area contributed by atoms with Crippen LogP contribution in [0.25, 0.3) is 11.1 Å². The van der Waals surface area contributed by atoms with Crippen molar-refractivity contribution in [3.05, 3.63) is 35.8 Å². The fourth-order valence-corrected chi connectivity index (χ4v) is 2.84. The molecular formula is C17H21FN4O2. The normalized spacial score (nSPS) is 14.7. The molecule has 1 aromatic heterocycles. The van der Waals surface area contributed by atoms with Gasteiger partial charge in [0, 0.05) is 25.7 Å². The number of carbonyl (C=O) groups is 1. The van der Waals surface area contributed by atoms with Gasteiger partial charge in [-0.2, -0.15) is 5.10 Å². The summed E-state index contributed by atoms with van der Waals surface area (Å²) < 4.78 is 20.2. The molecule has 1 fully saturated rings. The van der Waals surface area contributed by atoms with Crippen LogP contribution in [0.4, 0.5) is 15.0 Å². The van der Waals surface area contributed by atoms with Crippen LogP contribution in [0, 0.1) is 5.82 Å². The van der Waals surface area contributed by atoms with Crippen molar-refractivity contribution in [2.75, 3.05) is 31.6 Å². The first-order chi connectivity index (χ1) is 11.6. The summed E-state index contributed by atoms with van der Waals surface area (Å²) in [6.07, 6.45) is 0.716. The number of hydrogen-bond donors (Lipinski definition) is 1. The standard InChI is InChI=1S/C17H21FN4O2/c1-3-14-15(12-4-6-13(18)7-5-12)16(21(2)20-14)19-17(23)22-8-10-24-11-9-22/h4-7H,3,8-11H2,1-2H3,(H,19,23). The second kappa shape index (κ2) is 7.00. The molecule has 2 heterocycles. The smallest absolute Gasteiger partial charge is 0.323 e. The number of carbonyl (C=O) groups excluding carboxylic acids is 1. The van der Waals surface area contributed by atoms with E-state index in [-0.39, 0.29) is 11.8 Å². The Bertz CT molecular complexity index is 721. The predicted octanol–water partition coefficient (Wildman–Crippen LogP) is 2.65. The number of nitrogens with one attached hydrogen (secondary N) is 1. The minimum absolute atomic E-state index is 0.174. The van der Waals surface area contributed by atoms with Gasteiger partial charge in [0.1, 0.15) is 11.6 Å². The Hall–Kier alpha value is -2.41. The lowest BCUT2D eigenvalue weighted by Crippen LogP contribution is -2.43. The van der Waals surface area contributed by atoms with Crippen LogP contribution in [0.2, 0.25) is 0 Å². The Morgan fingerprint density at radius 3 is 2.58 bits per heavy atom. The molecule has 0 spiro atoms. The van der Waals surface area contributed by atoms with E-state index in [0.717, 1.165) is 16.8 Å². The van der Waals surface area contributed by atoms with Crippen molar-refractivity contribution < 1.29 is 13.9 Å². The van der Waals surface area contributed by atoms with Gasteiger partial charge < -0.3 is 9.64 Å². The van der Waals surface area contributed by atoms with E-state index >= 15 is 0 Å². The van der Waals surface area contributed by atoms with Gasteiger partial charge in [0.2, 0.25) is 0 Å². The van der Waals surface area contributed by atoms with E-state index in [2.05, 4.69) is 10.4 Å². The first kappa shape index (κ1) is 16.4. The second-order valence-electron chi connectivity index (χ2n) is 5.68. The van der Waals surface area contributed by atoms with Gasteiger partial charge >= 0.3 is 6.03 Å². The van der Waals surface area contributed by atoms with E-state index in [1.807, 2.05) is 6.92 Å². The van der Waals surface area contributed by atoms with E-state index < -0.39 is 0 Å². The quantitative estimate of drug-likeness (QED) is 0.940. The molecule has 1 aliphatic heterocycles. The van der Waals surface area contributed by atoms with Crippen LogP contribution >= 0.6 is 0 Å². The topological polar surface area (TPSA) is 59.4 Å². The average Bonchev–Trinajstić information content (AvgIpc) is 2.92. The molecule has 6 nitrogen and oxygen atoms in total. The molecule has 128 valence electrons. The summed E-state index contributed by atoms with van der Waals surface area (Å²) in [5.74, 6) is 0.328. The molecule has 0 aliphatic carbocycles. The second-order valence-corrected chi connectivity index (χ2v) is 5.68. The zero-order valence-electron chi connectivity index (χ0n) is 13.9. The maximum absolute atomic E-state index is 13.2. The van der Waals surface area contributed by atoms with E-state index in [0.29, 0.717) is 38.5 Å². The summed E-state index contributed by atoms with van der Waals surface area (Å²) >= 11 is 0. The highest BCUT2D eigenvalue weighted by atomic mass is 19.1. The molecule has 1 saturated heterocycles. The maximum Gasteiger partial charge on any atom is 0.323 e. The van der Waals surface area contributed by atoms with Crippen LogP contribution in [0.3, 0.4) is 0 Å². The van der Waals surface area contributed by atoms with Crippen LogP contribution in [0.5, 0.6) is 0 Å². The third-order valence-corrected chi connectivity index (χ3v) is 4.11. The molecule has 1 N–H and O–H groups in total. The van der Waals surface area contributed by atoms with Gasteiger partial charge in [0.25, 0.3) is 0 Å². The van der Waals surface area contributed by atoms with E-state index in [4.69, 9.17) is 4.74 Å². The van der Waals surface area contributed by atoms with Crippen molar-refractivity contribution in [1.29, 1.82) is 0 Å². The molecule has 2 amide bonds. The summed E-state index contributed by atoms with van der Waals surface area (Å²) in [7, 11) is 1.79. The number of nitrogens with zero attached hydrogens (tertiary/aromatic N) is 3. The molecule has 7 heteroatoms. The molecule has 0 atom stereocenters. The molecule has 0 bridgehead atoms. The molecule has 0 saturated carbocycles. The maximum atomic E-state index is 13.2. The van der Waals surface area contributed by atoms with Gasteiger partial charge in [-0.3, -0.25) is 10.00 Å². The molecule has 1 aliphatic rings. The van der Waals surface area contributed by atoms with Gasteiger partial charge in [0.15, 0.2) is 0 Å². The monoisotopic (exact) mass is 332 g/mol. The number of halogens is 1. The molecule has 3 rings (SSSR count). The third-order valence-electron chi connectivity index (χ3n) is 4.11.